The Balaban J connectivity index is 1.49. The van der Waals surface area contributed by atoms with Gasteiger partial charge in [0.1, 0.15) is 17.0 Å². The third kappa shape index (κ3) is 5.34. The number of aromatic amines is 1. The zero-order chi connectivity index (χ0) is 30.2. The number of amides is 1. The Hall–Kier alpha value is -4.67. The molecule has 1 amide bonds. The number of nitrogens with one attached hydrogen (secondary N) is 3. The van der Waals surface area contributed by atoms with Crippen LogP contribution in [0, 0.1) is 17.5 Å². The van der Waals surface area contributed by atoms with Crippen LogP contribution in [-0.4, -0.2) is 58.1 Å². The molecule has 0 aliphatic heterocycles. The van der Waals surface area contributed by atoms with Crippen molar-refractivity contribution >= 4 is 49.8 Å². The summed E-state index contributed by atoms with van der Waals surface area (Å²) in [6.07, 6.45) is 3.96. The van der Waals surface area contributed by atoms with E-state index in [0.717, 1.165) is 30.5 Å². The second kappa shape index (κ2) is 11.3. The lowest BCUT2D eigenvalue weighted by atomic mass is 10.0. The number of aromatic nitrogens is 5. The number of aliphatic hydroxyl groups excluding tert-OH is 1. The highest BCUT2D eigenvalue weighted by Crippen LogP contribution is 2.36. The first-order chi connectivity index (χ1) is 20.0. The van der Waals surface area contributed by atoms with E-state index < -0.39 is 60.6 Å². The molecule has 5 aromatic rings. The summed E-state index contributed by atoms with van der Waals surface area (Å²) < 4.78 is 80.5. The van der Waals surface area contributed by atoms with Gasteiger partial charge in [-0.2, -0.15) is 10.2 Å². The van der Waals surface area contributed by atoms with Gasteiger partial charge in [-0.05, 0) is 24.3 Å². The summed E-state index contributed by atoms with van der Waals surface area (Å²) in [4.78, 5) is 16.0. The van der Waals surface area contributed by atoms with Crippen molar-refractivity contribution in [3.05, 3.63) is 77.1 Å². The zero-order valence-electron chi connectivity index (χ0n) is 21.3. The third-order valence-electron chi connectivity index (χ3n) is 5.98. The Labute approximate surface area is 240 Å². The van der Waals surface area contributed by atoms with Gasteiger partial charge in [0.15, 0.2) is 16.5 Å². The molecule has 0 saturated heterocycles. The summed E-state index contributed by atoms with van der Waals surface area (Å²) in [5.74, 6) is -4.81. The minimum Gasteiger partial charge on any atom is -0.480 e. The molecule has 218 valence electrons. The van der Waals surface area contributed by atoms with E-state index >= 15 is 8.78 Å². The molecule has 17 heteroatoms. The second-order valence-corrected chi connectivity index (χ2v) is 10.7. The normalized spacial score (nSPS) is 11.6. The molecule has 4 N–H and O–H groups in total. The molecule has 0 fully saturated rings. The number of hydrogen-bond acceptors (Lipinski definition) is 8. The molecule has 3 heterocycles. The number of ether oxygens (including phenoxy) is 1. The SMILES string of the molecule is COc1ncc(Cl)cc1S(=O)(=O)Nc1ccc(F)c(-c2ccc3c(C(=O)Nc4cnn(CCO)c4)[nH]nc3c2F)c1F. The van der Waals surface area contributed by atoms with Crippen LogP contribution in [0.4, 0.5) is 24.5 Å². The summed E-state index contributed by atoms with van der Waals surface area (Å²) in [6, 6.07) is 4.88. The van der Waals surface area contributed by atoms with E-state index in [2.05, 4.69) is 25.6 Å². The number of H-pyrrole nitrogens is 1. The van der Waals surface area contributed by atoms with Crippen LogP contribution in [0.1, 0.15) is 10.5 Å². The summed E-state index contributed by atoms with van der Waals surface area (Å²) >= 11 is 5.86. The highest BCUT2D eigenvalue weighted by atomic mass is 35.5. The number of aliphatic hydroxyl groups is 1. The van der Waals surface area contributed by atoms with Gasteiger partial charge in [0.05, 0.1) is 48.4 Å². The number of benzene rings is 2. The van der Waals surface area contributed by atoms with Gasteiger partial charge < -0.3 is 15.2 Å². The Morgan fingerprint density at radius 3 is 2.69 bits per heavy atom. The van der Waals surface area contributed by atoms with Crippen molar-refractivity contribution < 1.29 is 36.2 Å². The Kier molecular flexibility index (Phi) is 7.77. The number of carbonyl (C=O) groups excluding carboxylic acids is 1. The molecule has 0 bridgehead atoms. The van der Waals surface area contributed by atoms with E-state index in [1.807, 2.05) is 4.72 Å². The van der Waals surface area contributed by atoms with Crippen molar-refractivity contribution in [2.45, 2.75) is 11.4 Å². The second-order valence-electron chi connectivity index (χ2n) is 8.64. The van der Waals surface area contributed by atoms with E-state index in [0.29, 0.717) is 5.69 Å². The average Bonchev–Trinajstić information content (AvgIpc) is 3.59. The maximum Gasteiger partial charge on any atom is 0.274 e. The van der Waals surface area contributed by atoms with Gasteiger partial charge in [-0.15, -0.1) is 0 Å². The van der Waals surface area contributed by atoms with Crippen LogP contribution in [0.15, 0.2) is 53.8 Å². The molecular formula is C25H19ClF3N7O5S. The minimum atomic E-state index is -4.55. The zero-order valence-corrected chi connectivity index (χ0v) is 22.9. The van der Waals surface area contributed by atoms with Crippen LogP contribution in [0.5, 0.6) is 5.88 Å². The number of pyridine rings is 1. The van der Waals surface area contributed by atoms with Crippen LogP contribution in [0.3, 0.4) is 0 Å². The quantitative estimate of drug-likeness (QED) is 0.192. The summed E-state index contributed by atoms with van der Waals surface area (Å²) in [5.41, 5.74) is -2.40. The van der Waals surface area contributed by atoms with E-state index in [-0.39, 0.29) is 35.1 Å². The molecule has 0 atom stereocenters. The number of methoxy groups -OCH3 is 1. The lowest BCUT2D eigenvalue weighted by Gasteiger charge is -2.14. The molecule has 0 aliphatic rings. The summed E-state index contributed by atoms with van der Waals surface area (Å²) in [6.45, 7) is 0.0462. The molecule has 42 heavy (non-hydrogen) atoms. The van der Waals surface area contributed by atoms with Crippen LogP contribution in [-0.2, 0) is 16.6 Å². The lowest BCUT2D eigenvalue weighted by molar-refractivity contribution is 0.102. The van der Waals surface area contributed by atoms with Crippen LogP contribution in [0.25, 0.3) is 22.0 Å². The fraction of sp³-hybridized carbons (Fsp3) is 0.120. The fourth-order valence-corrected chi connectivity index (χ4v) is 5.52. The third-order valence-corrected chi connectivity index (χ3v) is 7.55. The van der Waals surface area contributed by atoms with Gasteiger partial charge in [0, 0.05) is 23.3 Å². The van der Waals surface area contributed by atoms with E-state index in [1.54, 1.807) is 0 Å². The number of carbonyl (C=O) groups is 1. The number of rotatable bonds is 9. The van der Waals surface area contributed by atoms with Crippen molar-refractivity contribution in [3.8, 4) is 17.0 Å². The first-order valence-corrected chi connectivity index (χ1v) is 13.7. The minimum absolute atomic E-state index is 0.00900. The predicted octanol–water partition coefficient (Wildman–Crippen LogP) is 3.95. The summed E-state index contributed by atoms with van der Waals surface area (Å²) in [5, 5.41) is 21.7. The molecule has 12 nitrogen and oxygen atoms in total. The molecule has 0 aliphatic carbocycles. The van der Waals surface area contributed by atoms with Crippen LogP contribution >= 0.6 is 11.6 Å². The first kappa shape index (κ1) is 28.8. The molecule has 0 radical (unpaired) electrons. The van der Waals surface area contributed by atoms with Crippen molar-refractivity contribution in [2.24, 2.45) is 0 Å². The molecular weight excluding hydrogens is 603 g/mol. The molecule has 5 rings (SSSR count). The van der Waals surface area contributed by atoms with Crippen molar-refractivity contribution in [1.29, 1.82) is 0 Å². The van der Waals surface area contributed by atoms with E-state index in [9.17, 15) is 17.6 Å². The van der Waals surface area contributed by atoms with Gasteiger partial charge in [0.25, 0.3) is 15.9 Å². The Morgan fingerprint density at radius 1 is 1.17 bits per heavy atom. The van der Waals surface area contributed by atoms with Gasteiger partial charge in [-0.3, -0.25) is 19.3 Å². The number of sulfonamides is 1. The van der Waals surface area contributed by atoms with Gasteiger partial charge in [0.2, 0.25) is 5.88 Å². The monoisotopic (exact) mass is 621 g/mol. The number of halogens is 4. The lowest BCUT2D eigenvalue weighted by Crippen LogP contribution is -2.16. The van der Waals surface area contributed by atoms with Crippen LogP contribution in [0.2, 0.25) is 5.02 Å². The molecule has 3 aromatic heterocycles. The van der Waals surface area contributed by atoms with Crippen LogP contribution < -0.4 is 14.8 Å². The maximum absolute atomic E-state index is 15.6. The largest absolute Gasteiger partial charge is 0.480 e. The van der Waals surface area contributed by atoms with Crippen molar-refractivity contribution in [2.75, 3.05) is 23.8 Å². The fourth-order valence-electron chi connectivity index (χ4n) is 4.09. The van der Waals surface area contributed by atoms with Crippen molar-refractivity contribution in [3.63, 3.8) is 0 Å². The number of fused-ring (bicyclic) bond motifs is 1. The van der Waals surface area contributed by atoms with Gasteiger partial charge >= 0.3 is 0 Å². The van der Waals surface area contributed by atoms with Gasteiger partial charge in [-0.25, -0.2) is 26.6 Å². The average molecular weight is 622 g/mol. The maximum atomic E-state index is 15.6. The smallest absolute Gasteiger partial charge is 0.274 e. The van der Waals surface area contributed by atoms with Crippen molar-refractivity contribution in [1.82, 2.24) is 25.0 Å². The highest BCUT2D eigenvalue weighted by Gasteiger charge is 2.27. The number of nitrogens with zero attached hydrogens (tertiary/aromatic N) is 4. The molecule has 0 unspecified atom stereocenters. The highest BCUT2D eigenvalue weighted by molar-refractivity contribution is 7.92. The first-order valence-electron chi connectivity index (χ1n) is 11.9. The molecule has 2 aromatic carbocycles. The number of hydrogen-bond donors (Lipinski definition) is 4. The Morgan fingerprint density at radius 2 is 1.95 bits per heavy atom. The molecule has 0 spiro atoms. The predicted molar refractivity (Wildman–Crippen MR) is 145 cm³/mol. The summed E-state index contributed by atoms with van der Waals surface area (Å²) in [7, 11) is -3.38. The standard InChI is InChI=1S/C25H19ClF3N7O5S/c1-41-25-18(8-12(26)9-30-25)42(39,40)35-17-5-4-16(27)19(21(17)29)14-2-3-15-22(20(14)28)33-34-23(15)24(38)32-13-10-31-36(11-13)6-7-37/h2-5,8-11,35,37H,6-7H2,1H3,(H,32,38)(H,33,34). The topological polar surface area (TPSA) is 164 Å². The molecule has 0 saturated carbocycles. The Bertz CT molecular complexity index is 1950. The van der Waals surface area contributed by atoms with E-state index in [4.69, 9.17) is 21.4 Å². The van der Waals surface area contributed by atoms with Gasteiger partial charge in [-0.1, -0.05) is 17.7 Å². The number of anilines is 2. The van der Waals surface area contributed by atoms with E-state index in [1.165, 1.54) is 30.3 Å².